The Labute approximate surface area is 167 Å². The molecule has 0 saturated carbocycles. The third-order valence-electron chi connectivity index (χ3n) is 4.80. The predicted molar refractivity (Wildman–Crippen MR) is 110 cm³/mol. The molecule has 2 unspecified atom stereocenters. The van der Waals surface area contributed by atoms with Crippen LogP contribution >= 0.6 is 0 Å². The minimum atomic E-state index is -0.637. The summed E-state index contributed by atoms with van der Waals surface area (Å²) in [5.74, 6) is 1.64. The SMILES string of the molecule is COCC(O)COc1ccc(C(C)(C)c2ccc(OCC(C)CO)cc2)cc1. The maximum atomic E-state index is 9.68. The molecule has 0 spiro atoms. The highest BCUT2D eigenvalue weighted by Crippen LogP contribution is 2.33. The Balaban J connectivity index is 2.01. The van der Waals surface area contributed by atoms with Crippen LogP contribution in [0.2, 0.25) is 0 Å². The molecule has 0 saturated heterocycles. The fourth-order valence-electron chi connectivity index (χ4n) is 2.83. The molecule has 2 rings (SSSR count). The summed E-state index contributed by atoms with van der Waals surface area (Å²) in [6.07, 6.45) is -0.637. The molecule has 2 aromatic rings. The summed E-state index contributed by atoms with van der Waals surface area (Å²) in [5.41, 5.74) is 2.17. The van der Waals surface area contributed by atoms with E-state index in [0.29, 0.717) is 6.61 Å². The van der Waals surface area contributed by atoms with Crippen LogP contribution in [0, 0.1) is 5.92 Å². The Kier molecular flexibility index (Phi) is 8.30. The van der Waals surface area contributed by atoms with Crippen LogP contribution in [0.4, 0.5) is 0 Å². The number of aliphatic hydroxyl groups excluding tert-OH is 2. The third kappa shape index (κ3) is 6.23. The monoisotopic (exact) mass is 388 g/mol. The molecule has 0 fully saturated rings. The average molecular weight is 389 g/mol. The van der Waals surface area contributed by atoms with E-state index in [2.05, 4.69) is 26.0 Å². The van der Waals surface area contributed by atoms with Gasteiger partial charge in [0, 0.05) is 25.0 Å². The van der Waals surface area contributed by atoms with Gasteiger partial charge in [-0.25, -0.2) is 0 Å². The summed E-state index contributed by atoms with van der Waals surface area (Å²) in [5, 5.41) is 18.8. The van der Waals surface area contributed by atoms with Crippen molar-refractivity contribution in [1.82, 2.24) is 0 Å². The summed E-state index contributed by atoms with van der Waals surface area (Å²) in [6.45, 7) is 7.37. The fraction of sp³-hybridized carbons (Fsp3) is 0.478. The van der Waals surface area contributed by atoms with Crippen LogP contribution in [0.5, 0.6) is 11.5 Å². The molecule has 0 heterocycles. The summed E-state index contributed by atoms with van der Waals surface area (Å²) >= 11 is 0. The van der Waals surface area contributed by atoms with Crippen LogP contribution in [-0.4, -0.2) is 49.9 Å². The van der Waals surface area contributed by atoms with Gasteiger partial charge in [-0.05, 0) is 35.4 Å². The van der Waals surface area contributed by atoms with Crippen LogP contribution in [0.25, 0.3) is 0 Å². The number of ether oxygens (including phenoxy) is 3. The molecule has 2 aromatic carbocycles. The van der Waals surface area contributed by atoms with E-state index >= 15 is 0 Å². The van der Waals surface area contributed by atoms with Crippen molar-refractivity contribution in [3.8, 4) is 11.5 Å². The number of hydrogen-bond acceptors (Lipinski definition) is 5. The van der Waals surface area contributed by atoms with Crippen molar-refractivity contribution in [3.05, 3.63) is 59.7 Å². The first kappa shape index (κ1) is 22.2. The predicted octanol–water partition coefficient (Wildman–Crippen LogP) is 3.41. The first-order chi connectivity index (χ1) is 13.4. The van der Waals surface area contributed by atoms with Crippen LogP contribution < -0.4 is 9.47 Å². The van der Waals surface area contributed by atoms with Crippen molar-refractivity contribution in [2.45, 2.75) is 32.3 Å². The quantitative estimate of drug-likeness (QED) is 0.617. The van der Waals surface area contributed by atoms with Gasteiger partial charge in [0.1, 0.15) is 24.2 Å². The van der Waals surface area contributed by atoms with Gasteiger partial charge in [0.2, 0.25) is 0 Å². The van der Waals surface area contributed by atoms with Crippen LogP contribution in [-0.2, 0) is 10.2 Å². The van der Waals surface area contributed by atoms with Crippen molar-refractivity contribution in [3.63, 3.8) is 0 Å². The second-order valence-electron chi connectivity index (χ2n) is 7.69. The largest absolute Gasteiger partial charge is 0.493 e. The van der Waals surface area contributed by atoms with E-state index in [1.165, 1.54) is 11.1 Å². The van der Waals surface area contributed by atoms with Crippen molar-refractivity contribution < 1.29 is 24.4 Å². The number of methoxy groups -OCH3 is 1. The van der Waals surface area contributed by atoms with E-state index < -0.39 is 6.10 Å². The molecule has 0 bridgehead atoms. The van der Waals surface area contributed by atoms with Gasteiger partial charge < -0.3 is 24.4 Å². The molecule has 0 aliphatic carbocycles. The Morgan fingerprint density at radius 1 is 0.821 bits per heavy atom. The first-order valence-electron chi connectivity index (χ1n) is 9.61. The first-order valence-corrected chi connectivity index (χ1v) is 9.61. The maximum Gasteiger partial charge on any atom is 0.119 e. The molecule has 0 amide bonds. The summed E-state index contributed by atoms with van der Waals surface area (Å²) in [6, 6.07) is 16.0. The second kappa shape index (κ2) is 10.5. The van der Waals surface area contributed by atoms with Gasteiger partial charge in [0.25, 0.3) is 0 Å². The van der Waals surface area contributed by atoms with Crippen molar-refractivity contribution in [1.29, 1.82) is 0 Å². The lowest BCUT2D eigenvalue weighted by Crippen LogP contribution is -2.22. The van der Waals surface area contributed by atoms with Crippen LogP contribution in [0.3, 0.4) is 0 Å². The lowest BCUT2D eigenvalue weighted by Gasteiger charge is -2.26. The zero-order chi connectivity index (χ0) is 20.6. The smallest absolute Gasteiger partial charge is 0.119 e. The van der Waals surface area contributed by atoms with Crippen molar-refractivity contribution >= 4 is 0 Å². The molecule has 28 heavy (non-hydrogen) atoms. The van der Waals surface area contributed by atoms with E-state index in [9.17, 15) is 5.11 Å². The Morgan fingerprint density at radius 2 is 1.29 bits per heavy atom. The van der Waals surface area contributed by atoms with Gasteiger partial charge in [0.15, 0.2) is 0 Å². The fourth-order valence-corrected chi connectivity index (χ4v) is 2.83. The van der Waals surface area contributed by atoms with Gasteiger partial charge in [-0.3, -0.25) is 0 Å². The second-order valence-corrected chi connectivity index (χ2v) is 7.69. The molecule has 0 aromatic heterocycles. The Morgan fingerprint density at radius 3 is 1.71 bits per heavy atom. The third-order valence-corrected chi connectivity index (χ3v) is 4.80. The number of rotatable bonds is 11. The summed E-state index contributed by atoms with van der Waals surface area (Å²) in [4.78, 5) is 0. The summed E-state index contributed by atoms with van der Waals surface area (Å²) < 4.78 is 16.2. The number of aliphatic hydroxyl groups is 2. The Hall–Kier alpha value is -2.08. The molecule has 154 valence electrons. The molecule has 5 heteroatoms. The van der Waals surface area contributed by atoms with Gasteiger partial charge in [0.05, 0.1) is 13.2 Å². The van der Waals surface area contributed by atoms with E-state index in [1.54, 1.807) is 7.11 Å². The average Bonchev–Trinajstić information content (AvgIpc) is 2.71. The summed E-state index contributed by atoms with van der Waals surface area (Å²) in [7, 11) is 1.55. The van der Waals surface area contributed by atoms with E-state index in [1.807, 2.05) is 43.3 Å². The molecule has 5 nitrogen and oxygen atoms in total. The van der Waals surface area contributed by atoms with Gasteiger partial charge in [-0.1, -0.05) is 45.0 Å². The Bertz CT molecular complexity index is 694. The molecule has 0 aliphatic rings. The zero-order valence-corrected chi connectivity index (χ0v) is 17.2. The van der Waals surface area contributed by atoms with Gasteiger partial charge >= 0.3 is 0 Å². The minimum Gasteiger partial charge on any atom is -0.493 e. The van der Waals surface area contributed by atoms with Crippen LogP contribution in [0.1, 0.15) is 31.9 Å². The van der Waals surface area contributed by atoms with Gasteiger partial charge in [-0.15, -0.1) is 0 Å². The molecule has 0 aliphatic heterocycles. The standard InChI is InChI=1S/C23H32O5/c1-17(13-24)14-27-21-9-5-18(6-10-21)23(2,3)19-7-11-22(12-8-19)28-16-20(25)15-26-4/h5-12,17,20,24-25H,13-16H2,1-4H3. The van der Waals surface area contributed by atoms with E-state index in [-0.39, 0.29) is 31.2 Å². The number of benzene rings is 2. The number of hydrogen-bond donors (Lipinski definition) is 2. The molecule has 2 N–H and O–H groups in total. The normalized spacial score (nSPS) is 13.8. The van der Waals surface area contributed by atoms with Crippen molar-refractivity contribution in [2.75, 3.05) is 33.5 Å². The molecular formula is C23H32O5. The van der Waals surface area contributed by atoms with E-state index in [4.69, 9.17) is 19.3 Å². The highest BCUT2D eigenvalue weighted by molar-refractivity contribution is 5.41. The van der Waals surface area contributed by atoms with E-state index in [0.717, 1.165) is 11.5 Å². The topological polar surface area (TPSA) is 68.2 Å². The van der Waals surface area contributed by atoms with Gasteiger partial charge in [-0.2, -0.15) is 0 Å². The molecule has 2 atom stereocenters. The maximum absolute atomic E-state index is 9.68. The highest BCUT2D eigenvalue weighted by atomic mass is 16.5. The lowest BCUT2D eigenvalue weighted by atomic mass is 9.78. The highest BCUT2D eigenvalue weighted by Gasteiger charge is 2.23. The van der Waals surface area contributed by atoms with Crippen LogP contribution in [0.15, 0.2) is 48.5 Å². The molecule has 0 radical (unpaired) electrons. The zero-order valence-electron chi connectivity index (χ0n) is 17.2. The lowest BCUT2D eigenvalue weighted by molar-refractivity contribution is 0.0325. The molecular weight excluding hydrogens is 356 g/mol. The minimum absolute atomic E-state index is 0.118. The van der Waals surface area contributed by atoms with Crippen molar-refractivity contribution in [2.24, 2.45) is 5.92 Å².